The monoisotopic (exact) mass is 250 g/mol. The van der Waals surface area contributed by atoms with Gasteiger partial charge in [0, 0.05) is 4.88 Å². The van der Waals surface area contributed by atoms with Crippen LogP contribution in [0.2, 0.25) is 0 Å². The first-order valence-corrected chi connectivity index (χ1v) is 4.70. The lowest BCUT2D eigenvalue weighted by atomic mass is 10.5. The minimum Gasteiger partial charge on any atom is -0.350 e. The Labute approximate surface area is 81.7 Å². The lowest BCUT2D eigenvalue weighted by Crippen LogP contribution is -2.31. The van der Waals surface area contributed by atoms with Crippen LogP contribution in [-0.4, -0.2) is 16.3 Å². The quantitative estimate of drug-likeness (QED) is 0.621. The average molecular weight is 251 g/mol. The van der Waals surface area contributed by atoms with Gasteiger partial charge in [-0.15, -0.1) is 11.3 Å². The van der Waals surface area contributed by atoms with E-state index in [1.54, 1.807) is 6.07 Å². The van der Waals surface area contributed by atoms with Crippen LogP contribution in [0.4, 0.5) is 4.79 Å². The molecule has 4 nitrogen and oxygen atoms in total. The summed E-state index contributed by atoms with van der Waals surface area (Å²) >= 11 is 4.70. The fourth-order valence-electron chi connectivity index (χ4n) is 0.662. The van der Waals surface area contributed by atoms with Crippen molar-refractivity contribution < 1.29 is 10.0 Å². The number of carbonyl (C=O) groups is 1. The third-order valence-corrected chi connectivity index (χ3v) is 2.80. The Morgan fingerprint density at radius 3 is 2.83 bits per heavy atom. The van der Waals surface area contributed by atoms with Crippen LogP contribution in [0.25, 0.3) is 0 Å². The molecule has 0 bridgehead atoms. The normalized spacial score (nSPS) is 9.83. The molecule has 0 aromatic carbocycles. The molecule has 0 atom stereocenters. The van der Waals surface area contributed by atoms with Gasteiger partial charge >= 0.3 is 6.03 Å². The number of amides is 2. The van der Waals surface area contributed by atoms with Crippen molar-refractivity contribution in [1.29, 1.82) is 0 Å². The molecule has 1 rings (SSSR count). The van der Waals surface area contributed by atoms with Crippen LogP contribution in [0, 0.1) is 0 Å². The zero-order chi connectivity index (χ0) is 9.14. The van der Waals surface area contributed by atoms with Crippen LogP contribution in [-0.2, 0) is 6.54 Å². The number of hydrogen-bond donors (Lipinski definition) is 2. The summed E-state index contributed by atoms with van der Waals surface area (Å²) in [6.45, 7) is 0.131. The van der Waals surface area contributed by atoms with Gasteiger partial charge in [-0.3, -0.25) is 5.21 Å². The third kappa shape index (κ3) is 2.47. The van der Waals surface area contributed by atoms with Crippen LogP contribution in [0.15, 0.2) is 15.9 Å². The second-order valence-corrected chi connectivity index (χ2v) is 4.65. The van der Waals surface area contributed by atoms with Gasteiger partial charge in [0.1, 0.15) is 0 Å². The van der Waals surface area contributed by atoms with Crippen molar-refractivity contribution in [2.45, 2.75) is 6.54 Å². The molecule has 66 valence electrons. The highest BCUT2D eigenvalue weighted by atomic mass is 79.9. The van der Waals surface area contributed by atoms with E-state index in [9.17, 15) is 4.79 Å². The van der Waals surface area contributed by atoms with E-state index in [2.05, 4.69) is 15.9 Å². The highest BCUT2D eigenvalue weighted by Crippen LogP contribution is 2.22. The summed E-state index contributed by atoms with van der Waals surface area (Å²) in [6, 6.07) is 2.80. The molecular weight excluding hydrogens is 244 g/mol. The molecule has 2 amide bonds. The van der Waals surface area contributed by atoms with E-state index < -0.39 is 6.03 Å². The largest absolute Gasteiger partial charge is 0.350 e. The highest BCUT2D eigenvalue weighted by Gasteiger charge is 2.07. The van der Waals surface area contributed by atoms with Crippen molar-refractivity contribution in [3.05, 3.63) is 20.8 Å². The lowest BCUT2D eigenvalue weighted by molar-refractivity contribution is -0.0462. The standard InChI is InChI=1S/C6H7BrN2O2S/c7-5-2-1-4(12-5)3-9(11)6(8)10/h1-2,11H,3H2,(H2,8,10). The third-order valence-electron chi connectivity index (χ3n) is 1.19. The molecule has 0 saturated carbocycles. The summed E-state index contributed by atoms with van der Waals surface area (Å²) < 4.78 is 0.954. The van der Waals surface area contributed by atoms with Crippen LogP contribution >= 0.6 is 27.3 Å². The molecule has 1 heterocycles. The summed E-state index contributed by atoms with van der Waals surface area (Å²) in [6.07, 6.45) is 0. The Morgan fingerprint density at radius 1 is 1.75 bits per heavy atom. The predicted molar refractivity (Wildman–Crippen MR) is 48.9 cm³/mol. The van der Waals surface area contributed by atoms with Crippen molar-refractivity contribution in [3.8, 4) is 0 Å². The summed E-state index contributed by atoms with van der Waals surface area (Å²) in [5.41, 5.74) is 4.82. The van der Waals surface area contributed by atoms with E-state index in [0.717, 1.165) is 8.66 Å². The second-order valence-electron chi connectivity index (χ2n) is 2.10. The number of hydroxylamine groups is 2. The molecule has 0 saturated heterocycles. The first kappa shape index (κ1) is 9.50. The van der Waals surface area contributed by atoms with Gasteiger partial charge in [0.05, 0.1) is 10.3 Å². The molecule has 0 aliphatic carbocycles. The van der Waals surface area contributed by atoms with E-state index in [1.807, 2.05) is 6.07 Å². The number of hydrogen-bond acceptors (Lipinski definition) is 3. The Balaban J connectivity index is 2.58. The predicted octanol–water partition coefficient (Wildman–Crippen LogP) is 1.78. The van der Waals surface area contributed by atoms with Gasteiger partial charge in [-0.1, -0.05) is 0 Å². The van der Waals surface area contributed by atoms with Crippen LogP contribution in [0.3, 0.4) is 0 Å². The van der Waals surface area contributed by atoms with Crippen LogP contribution in [0.5, 0.6) is 0 Å². The van der Waals surface area contributed by atoms with Gasteiger partial charge in [0.2, 0.25) is 0 Å². The van der Waals surface area contributed by atoms with E-state index in [-0.39, 0.29) is 6.54 Å². The maximum atomic E-state index is 10.4. The molecule has 0 fully saturated rings. The molecule has 0 aliphatic heterocycles. The van der Waals surface area contributed by atoms with Crippen molar-refractivity contribution in [3.63, 3.8) is 0 Å². The van der Waals surface area contributed by atoms with Crippen LogP contribution in [0.1, 0.15) is 4.88 Å². The van der Waals surface area contributed by atoms with E-state index in [1.165, 1.54) is 11.3 Å². The number of urea groups is 1. The summed E-state index contributed by atoms with van der Waals surface area (Å²) in [4.78, 5) is 11.3. The van der Waals surface area contributed by atoms with E-state index in [0.29, 0.717) is 5.06 Å². The van der Waals surface area contributed by atoms with Gasteiger partial charge in [-0.2, -0.15) is 0 Å². The molecule has 0 aliphatic rings. The maximum absolute atomic E-state index is 10.4. The number of halogens is 1. The zero-order valence-electron chi connectivity index (χ0n) is 6.03. The zero-order valence-corrected chi connectivity index (χ0v) is 8.43. The molecular formula is C6H7BrN2O2S. The van der Waals surface area contributed by atoms with Crippen molar-refractivity contribution in [1.82, 2.24) is 5.06 Å². The fourth-order valence-corrected chi connectivity index (χ4v) is 2.13. The van der Waals surface area contributed by atoms with Crippen molar-refractivity contribution >= 4 is 33.3 Å². The minimum absolute atomic E-state index is 0.131. The molecule has 12 heavy (non-hydrogen) atoms. The first-order chi connectivity index (χ1) is 5.59. The molecule has 0 spiro atoms. The smallest absolute Gasteiger partial charge is 0.338 e. The summed E-state index contributed by atoms with van der Waals surface area (Å²) in [5, 5.41) is 9.41. The number of primary amides is 1. The second kappa shape index (κ2) is 3.88. The van der Waals surface area contributed by atoms with Crippen molar-refractivity contribution in [2.75, 3.05) is 0 Å². The number of nitrogens with zero attached hydrogens (tertiary/aromatic N) is 1. The first-order valence-electron chi connectivity index (χ1n) is 3.09. The number of nitrogens with two attached hydrogens (primary N) is 1. The van der Waals surface area contributed by atoms with Gasteiger partial charge in [-0.25, -0.2) is 9.86 Å². The maximum Gasteiger partial charge on any atom is 0.338 e. The van der Waals surface area contributed by atoms with Crippen LogP contribution < -0.4 is 5.73 Å². The number of thiophene rings is 1. The molecule has 0 radical (unpaired) electrons. The van der Waals surface area contributed by atoms with Gasteiger partial charge in [0.25, 0.3) is 0 Å². The number of rotatable bonds is 2. The average Bonchev–Trinajstić information content (AvgIpc) is 2.35. The minimum atomic E-state index is -0.848. The Kier molecular flexibility index (Phi) is 3.07. The number of carbonyl (C=O) groups excluding carboxylic acids is 1. The Morgan fingerprint density at radius 2 is 2.42 bits per heavy atom. The Bertz CT molecular complexity index is 289. The molecule has 1 aromatic heterocycles. The van der Waals surface area contributed by atoms with Gasteiger partial charge in [0.15, 0.2) is 0 Å². The molecule has 6 heteroatoms. The SMILES string of the molecule is NC(=O)N(O)Cc1ccc(Br)s1. The summed E-state index contributed by atoms with van der Waals surface area (Å²) in [7, 11) is 0. The highest BCUT2D eigenvalue weighted by molar-refractivity contribution is 9.11. The lowest BCUT2D eigenvalue weighted by Gasteiger charge is -2.09. The van der Waals surface area contributed by atoms with Gasteiger partial charge < -0.3 is 5.73 Å². The molecule has 3 N–H and O–H groups in total. The van der Waals surface area contributed by atoms with E-state index in [4.69, 9.17) is 10.9 Å². The molecule has 0 unspecified atom stereocenters. The van der Waals surface area contributed by atoms with E-state index >= 15 is 0 Å². The molecule has 1 aromatic rings. The van der Waals surface area contributed by atoms with Gasteiger partial charge in [-0.05, 0) is 28.1 Å². The van der Waals surface area contributed by atoms with Crippen molar-refractivity contribution in [2.24, 2.45) is 5.73 Å². The fraction of sp³-hybridized carbons (Fsp3) is 0.167. The summed E-state index contributed by atoms with van der Waals surface area (Å²) in [5.74, 6) is 0. The Hall–Kier alpha value is -0.590. The topological polar surface area (TPSA) is 66.6 Å².